The van der Waals surface area contributed by atoms with Crippen molar-refractivity contribution in [1.82, 2.24) is 34.9 Å². The van der Waals surface area contributed by atoms with E-state index in [1.54, 1.807) is 37.8 Å². The van der Waals surface area contributed by atoms with Crippen LogP contribution in [0.25, 0.3) is 11.3 Å². The summed E-state index contributed by atoms with van der Waals surface area (Å²) in [7, 11) is 1.73. The number of rotatable bonds is 6. The maximum atomic E-state index is 12.3. The zero-order valence-corrected chi connectivity index (χ0v) is 17.7. The highest BCUT2D eigenvalue weighted by Crippen LogP contribution is 2.34. The van der Waals surface area contributed by atoms with Crippen LogP contribution in [0, 0.1) is 0 Å². The monoisotopic (exact) mass is 447 g/mol. The molecule has 1 aliphatic rings. The van der Waals surface area contributed by atoms with Crippen molar-refractivity contribution in [1.29, 1.82) is 0 Å². The van der Waals surface area contributed by atoms with Crippen molar-refractivity contribution in [2.75, 3.05) is 23.3 Å². The van der Waals surface area contributed by atoms with Crippen LogP contribution in [0.1, 0.15) is 16.9 Å². The molecule has 0 spiro atoms. The number of H-pyrrole nitrogens is 1. The molecule has 168 valence electrons. The van der Waals surface area contributed by atoms with E-state index in [0.717, 1.165) is 17.1 Å². The van der Waals surface area contributed by atoms with Crippen molar-refractivity contribution >= 4 is 17.7 Å². The van der Waals surface area contributed by atoms with Crippen molar-refractivity contribution in [2.24, 2.45) is 7.05 Å². The fraction of sp³-hybridized carbons (Fsp3) is 0.238. The summed E-state index contributed by atoms with van der Waals surface area (Å²) in [4.78, 5) is 27.2. The van der Waals surface area contributed by atoms with Gasteiger partial charge in [0.05, 0.1) is 18.0 Å². The third kappa shape index (κ3) is 4.50. The van der Waals surface area contributed by atoms with Gasteiger partial charge in [0.15, 0.2) is 5.69 Å². The number of ether oxygens (including phenoxy) is 1. The number of amides is 1. The minimum atomic E-state index is -0.423. The Morgan fingerprint density at radius 1 is 1.27 bits per heavy atom. The average Bonchev–Trinajstić information content (AvgIpc) is 3.56. The van der Waals surface area contributed by atoms with Gasteiger partial charge in [-0.3, -0.25) is 19.9 Å². The molecule has 33 heavy (non-hydrogen) atoms. The Bertz CT molecular complexity index is 1270. The van der Waals surface area contributed by atoms with Gasteiger partial charge in [-0.15, -0.1) is 0 Å². The smallest absolute Gasteiger partial charge is 0.278 e. The molecule has 1 atom stereocenters. The summed E-state index contributed by atoms with van der Waals surface area (Å²) in [5, 5.41) is 23.6. The molecule has 12 heteroatoms. The Labute approximate surface area is 188 Å². The van der Waals surface area contributed by atoms with Crippen LogP contribution in [0.5, 0.6) is 11.6 Å². The Balaban J connectivity index is 1.37. The molecule has 4 aromatic rings. The van der Waals surface area contributed by atoms with Crippen LogP contribution >= 0.6 is 0 Å². The van der Waals surface area contributed by atoms with Crippen LogP contribution in [0.2, 0.25) is 0 Å². The molecule has 3 N–H and O–H groups in total. The van der Waals surface area contributed by atoms with Crippen LogP contribution in [0.3, 0.4) is 0 Å². The summed E-state index contributed by atoms with van der Waals surface area (Å²) in [6.07, 6.45) is 6.72. The number of aromatic amines is 1. The minimum absolute atomic E-state index is 0.0904. The van der Waals surface area contributed by atoms with Gasteiger partial charge in [0.25, 0.3) is 5.91 Å². The Hall–Kier alpha value is -4.32. The van der Waals surface area contributed by atoms with Gasteiger partial charge in [-0.1, -0.05) is 0 Å². The molecule has 1 fully saturated rings. The number of carbonyl (C=O) groups excluding carboxylic acids is 1. The van der Waals surface area contributed by atoms with E-state index in [-0.39, 0.29) is 23.6 Å². The van der Waals surface area contributed by atoms with Crippen LogP contribution in [0.15, 0.2) is 49.1 Å². The Morgan fingerprint density at radius 2 is 2.18 bits per heavy atom. The summed E-state index contributed by atoms with van der Waals surface area (Å²) in [5.74, 6) is 1.08. The van der Waals surface area contributed by atoms with E-state index in [9.17, 15) is 9.90 Å². The molecular weight excluding hydrogens is 426 g/mol. The van der Waals surface area contributed by atoms with E-state index in [2.05, 4.69) is 35.6 Å². The maximum absolute atomic E-state index is 12.3. The third-order valence-corrected chi connectivity index (χ3v) is 5.12. The van der Waals surface area contributed by atoms with E-state index in [1.165, 1.54) is 10.9 Å². The van der Waals surface area contributed by atoms with Crippen molar-refractivity contribution in [3.05, 3.63) is 54.7 Å². The average molecular weight is 447 g/mol. The number of aliphatic hydroxyl groups excluding tert-OH is 1. The van der Waals surface area contributed by atoms with Gasteiger partial charge < -0.3 is 14.7 Å². The molecule has 0 aromatic carbocycles. The van der Waals surface area contributed by atoms with Crippen LogP contribution in [0.4, 0.5) is 11.8 Å². The number of carbonyl (C=O) groups is 1. The number of hydrogen-bond acceptors (Lipinski definition) is 9. The lowest BCUT2D eigenvalue weighted by Gasteiger charge is -2.20. The SMILES string of the molecule is Cn1ccc(C(=O)Nc2nccc(Oc3cnc(N4CCC(O)C4)c(-c4ccn[nH]4)c3)n2)n1. The van der Waals surface area contributed by atoms with Gasteiger partial charge in [0.2, 0.25) is 11.8 Å². The van der Waals surface area contributed by atoms with E-state index in [0.29, 0.717) is 25.3 Å². The molecule has 0 saturated carbocycles. The summed E-state index contributed by atoms with van der Waals surface area (Å²) in [6.45, 7) is 1.22. The van der Waals surface area contributed by atoms with Crippen LogP contribution in [-0.2, 0) is 7.05 Å². The van der Waals surface area contributed by atoms with Gasteiger partial charge in [0.1, 0.15) is 11.6 Å². The van der Waals surface area contributed by atoms with Crippen LogP contribution in [-0.4, -0.2) is 65.1 Å². The molecule has 4 aromatic heterocycles. The summed E-state index contributed by atoms with van der Waals surface area (Å²) in [6, 6.07) is 6.85. The largest absolute Gasteiger partial charge is 0.437 e. The number of hydrogen-bond donors (Lipinski definition) is 3. The Morgan fingerprint density at radius 3 is 2.91 bits per heavy atom. The highest BCUT2D eigenvalue weighted by atomic mass is 16.5. The van der Waals surface area contributed by atoms with E-state index < -0.39 is 5.91 Å². The number of pyridine rings is 1. The van der Waals surface area contributed by atoms with Crippen molar-refractivity contribution in [2.45, 2.75) is 12.5 Å². The van der Waals surface area contributed by atoms with E-state index >= 15 is 0 Å². The fourth-order valence-electron chi connectivity index (χ4n) is 3.57. The molecule has 0 aliphatic carbocycles. The molecule has 1 aliphatic heterocycles. The molecule has 5 heterocycles. The van der Waals surface area contributed by atoms with Gasteiger partial charge in [-0.25, -0.2) is 9.97 Å². The first-order valence-corrected chi connectivity index (χ1v) is 10.3. The van der Waals surface area contributed by atoms with Crippen molar-refractivity contribution in [3.63, 3.8) is 0 Å². The van der Waals surface area contributed by atoms with Gasteiger partial charge >= 0.3 is 0 Å². The second kappa shape index (κ2) is 8.67. The molecule has 5 rings (SSSR count). The first kappa shape index (κ1) is 20.6. The van der Waals surface area contributed by atoms with Crippen molar-refractivity contribution in [3.8, 4) is 22.9 Å². The standard InChI is InChI=1S/C21H21N9O3/c1-29-8-5-17(28-29)20(32)26-21-22-6-3-18(25-21)33-14-10-15(16-2-7-24-27-16)19(23-11-14)30-9-4-13(31)12-30/h2-3,5-8,10-11,13,31H,4,9,12H2,1H3,(H,24,27)(H,22,25,26,32). The second-order valence-corrected chi connectivity index (χ2v) is 7.55. The molecule has 1 unspecified atom stereocenters. The molecule has 1 saturated heterocycles. The number of aliphatic hydroxyl groups is 1. The second-order valence-electron chi connectivity index (χ2n) is 7.55. The molecular formula is C21H21N9O3. The number of aryl methyl sites for hydroxylation is 1. The molecule has 0 radical (unpaired) electrons. The lowest BCUT2D eigenvalue weighted by molar-refractivity contribution is 0.102. The van der Waals surface area contributed by atoms with E-state index in [4.69, 9.17) is 4.74 Å². The summed E-state index contributed by atoms with van der Waals surface area (Å²) < 4.78 is 7.43. The van der Waals surface area contributed by atoms with Gasteiger partial charge in [0, 0.05) is 50.4 Å². The zero-order chi connectivity index (χ0) is 22.8. The van der Waals surface area contributed by atoms with E-state index in [1.807, 2.05) is 17.0 Å². The first-order chi connectivity index (χ1) is 16.0. The summed E-state index contributed by atoms with van der Waals surface area (Å²) in [5.41, 5.74) is 1.82. The molecule has 1 amide bonds. The number of nitrogens with one attached hydrogen (secondary N) is 2. The van der Waals surface area contributed by atoms with Gasteiger partial charge in [-0.05, 0) is 24.6 Å². The predicted molar refractivity (Wildman–Crippen MR) is 118 cm³/mol. The predicted octanol–water partition coefficient (Wildman–Crippen LogP) is 1.61. The summed E-state index contributed by atoms with van der Waals surface area (Å²) >= 11 is 0. The zero-order valence-electron chi connectivity index (χ0n) is 17.7. The number of aromatic nitrogens is 7. The number of anilines is 2. The fourth-order valence-corrected chi connectivity index (χ4v) is 3.57. The molecule has 0 bridgehead atoms. The molecule has 12 nitrogen and oxygen atoms in total. The lowest BCUT2D eigenvalue weighted by Crippen LogP contribution is -2.23. The quantitative estimate of drug-likeness (QED) is 0.401. The lowest BCUT2D eigenvalue weighted by atomic mass is 10.1. The third-order valence-electron chi connectivity index (χ3n) is 5.12. The van der Waals surface area contributed by atoms with Gasteiger partial charge in [-0.2, -0.15) is 15.2 Å². The first-order valence-electron chi connectivity index (χ1n) is 10.3. The minimum Gasteiger partial charge on any atom is -0.437 e. The number of nitrogens with zero attached hydrogens (tertiary/aromatic N) is 7. The number of β-amino-alcohol motifs (C(OH)–C–C–N with tert-alkyl or cyclic N) is 1. The van der Waals surface area contributed by atoms with Crippen molar-refractivity contribution < 1.29 is 14.6 Å². The maximum Gasteiger partial charge on any atom is 0.278 e. The Kier molecular flexibility index (Phi) is 5.40. The normalized spacial score (nSPS) is 15.6. The highest BCUT2D eigenvalue weighted by Gasteiger charge is 2.25. The highest BCUT2D eigenvalue weighted by molar-refractivity contribution is 6.01. The topological polar surface area (TPSA) is 147 Å². The van der Waals surface area contributed by atoms with Crippen LogP contribution < -0.4 is 15.0 Å².